The molecule has 2 fully saturated rings. The van der Waals surface area contributed by atoms with Gasteiger partial charge >= 0.3 is 0 Å². The van der Waals surface area contributed by atoms with Crippen molar-refractivity contribution in [3.63, 3.8) is 0 Å². The molecule has 0 aliphatic carbocycles. The maximum Gasteiger partial charge on any atom is 0.211 e. The molecule has 0 N–H and O–H groups in total. The molecule has 3 atom stereocenters. The zero-order chi connectivity index (χ0) is 8.77. The molecule has 0 spiro atoms. The van der Waals surface area contributed by atoms with Crippen LogP contribution in [-0.4, -0.2) is 51.1 Å². The average Bonchev–Trinajstić information content (AvgIpc) is 2.54. The first-order valence-corrected chi connectivity index (χ1v) is 5.59. The Labute approximate surface area is 71.3 Å². The Kier molecular flexibility index (Phi) is 1.87. The minimum Gasteiger partial charge on any atom is -0.354 e. The lowest BCUT2D eigenvalue weighted by atomic mass is 10.3. The second-order valence-corrected chi connectivity index (χ2v) is 4.97. The van der Waals surface area contributed by atoms with Gasteiger partial charge in [0.05, 0.1) is 31.6 Å². The summed E-state index contributed by atoms with van der Waals surface area (Å²) in [6, 6.07) is 0.0324. The van der Waals surface area contributed by atoms with E-state index in [9.17, 15) is 8.42 Å². The van der Waals surface area contributed by atoms with Gasteiger partial charge in [-0.05, 0) is 0 Å². The van der Waals surface area contributed by atoms with Gasteiger partial charge in [-0.15, -0.1) is 0 Å². The van der Waals surface area contributed by atoms with E-state index in [2.05, 4.69) is 0 Å². The molecule has 2 heterocycles. The van der Waals surface area contributed by atoms with Crippen molar-refractivity contribution in [1.29, 1.82) is 0 Å². The standard InChI is InChI=1S/C6H11NO4S/c1-12(8,9)7-5-2-10-4-11-3-6(5)7/h5-6H,2-4H2,1H3/t5-,6+,7?. The third-order valence-corrected chi connectivity index (χ3v) is 3.44. The molecule has 2 rings (SSSR count). The molecule has 0 bridgehead atoms. The molecular formula is C6H11NO4S. The van der Waals surface area contributed by atoms with E-state index in [4.69, 9.17) is 9.47 Å². The smallest absolute Gasteiger partial charge is 0.211 e. The number of hydrogen-bond acceptors (Lipinski definition) is 4. The van der Waals surface area contributed by atoms with Gasteiger partial charge in [-0.3, -0.25) is 0 Å². The van der Waals surface area contributed by atoms with Gasteiger partial charge in [0.2, 0.25) is 10.0 Å². The zero-order valence-electron chi connectivity index (χ0n) is 6.76. The summed E-state index contributed by atoms with van der Waals surface area (Å²) in [7, 11) is -3.06. The zero-order valence-corrected chi connectivity index (χ0v) is 7.58. The number of sulfonamides is 1. The van der Waals surface area contributed by atoms with Gasteiger partial charge < -0.3 is 9.47 Å². The normalized spacial score (nSPS) is 41.6. The van der Waals surface area contributed by atoms with E-state index >= 15 is 0 Å². The summed E-state index contributed by atoms with van der Waals surface area (Å²) in [5.41, 5.74) is 0. The highest BCUT2D eigenvalue weighted by atomic mass is 32.2. The number of nitrogens with zero attached hydrogens (tertiary/aromatic N) is 1. The Morgan fingerprint density at radius 1 is 1.25 bits per heavy atom. The molecule has 0 radical (unpaired) electrons. The predicted molar refractivity (Wildman–Crippen MR) is 41.0 cm³/mol. The van der Waals surface area contributed by atoms with E-state index in [0.717, 1.165) is 0 Å². The lowest BCUT2D eigenvalue weighted by Crippen LogP contribution is -2.18. The van der Waals surface area contributed by atoms with Crippen molar-refractivity contribution in [2.45, 2.75) is 12.1 Å². The molecule has 5 nitrogen and oxygen atoms in total. The summed E-state index contributed by atoms with van der Waals surface area (Å²) in [5, 5.41) is 0. The fourth-order valence-corrected chi connectivity index (χ4v) is 2.90. The Bertz CT molecular complexity index is 263. The highest BCUT2D eigenvalue weighted by molar-refractivity contribution is 7.88. The van der Waals surface area contributed by atoms with Crippen LogP contribution in [0.5, 0.6) is 0 Å². The summed E-state index contributed by atoms with van der Waals surface area (Å²) in [5.74, 6) is 0. The van der Waals surface area contributed by atoms with Crippen molar-refractivity contribution in [1.82, 2.24) is 4.31 Å². The Morgan fingerprint density at radius 2 is 1.75 bits per heavy atom. The Balaban J connectivity index is 2.07. The van der Waals surface area contributed by atoms with Gasteiger partial charge in [-0.1, -0.05) is 0 Å². The van der Waals surface area contributed by atoms with Crippen LogP contribution in [-0.2, 0) is 19.5 Å². The molecule has 1 unspecified atom stereocenters. The monoisotopic (exact) mass is 193 g/mol. The third-order valence-electron chi connectivity index (χ3n) is 2.14. The molecule has 0 aromatic carbocycles. The van der Waals surface area contributed by atoms with E-state index < -0.39 is 10.0 Å². The Morgan fingerprint density at radius 3 is 2.17 bits per heavy atom. The van der Waals surface area contributed by atoms with Gasteiger partial charge in [-0.2, -0.15) is 4.31 Å². The molecule has 2 aliphatic heterocycles. The minimum atomic E-state index is -3.06. The van der Waals surface area contributed by atoms with Crippen LogP contribution >= 0.6 is 0 Å². The van der Waals surface area contributed by atoms with Crippen LogP contribution in [0.25, 0.3) is 0 Å². The van der Waals surface area contributed by atoms with Crippen molar-refractivity contribution >= 4 is 10.0 Å². The van der Waals surface area contributed by atoms with Crippen molar-refractivity contribution in [3.8, 4) is 0 Å². The number of rotatable bonds is 1. The molecule has 0 saturated carbocycles. The van der Waals surface area contributed by atoms with Crippen LogP contribution in [0, 0.1) is 0 Å². The van der Waals surface area contributed by atoms with Crippen LogP contribution in [0.4, 0.5) is 0 Å². The van der Waals surface area contributed by atoms with Crippen LogP contribution < -0.4 is 0 Å². The first kappa shape index (κ1) is 8.43. The van der Waals surface area contributed by atoms with Crippen LogP contribution in [0.15, 0.2) is 0 Å². The lowest BCUT2D eigenvalue weighted by Gasteiger charge is -2.04. The summed E-state index contributed by atoms with van der Waals surface area (Å²) < 4.78 is 33.7. The molecule has 2 aliphatic rings. The highest BCUT2D eigenvalue weighted by Crippen LogP contribution is 2.33. The minimum absolute atomic E-state index is 0.0162. The van der Waals surface area contributed by atoms with Crippen LogP contribution in [0.2, 0.25) is 0 Å². The SMILES string of the molecule is CS(=O)(=O)N1[C@@H]2COCOC[C@@H]21. The Hall–Kier alpha value is -0.170. The van der Waals surface area contributed by atoms with Crippen LogP contribution in [0.1, 0.15) is 0 Å². The second-order valence-electron chi connectivity index (χ2n) is 3.09. The second kappa shape index (κ2) is 2.66. The van der Waals surface area contributed by atoms with E-state index in [1.165, 1.54) is 10.6 Å². The van der Waals surface area contributed by atoms with Crippen LogP contribution in [0.3, 0.4) is 0 Å². The maximum atomic E-state index is 11.1. The topological polar surface area (TPSA) is 55.6 Å². The average molecular weight is 193 g/mol. The van der Waals surface area contributed by atoms with Crippen molar-refractivity contribution in [3.05, 3.63) is 0 Å². The lowest BCUT2D eigenvalue weighted by molar-refractivity contribution is -0.0435. The van der Waals surface area contributed by atoms with Crippen molar-refractivity contribution in [2.24, 2.45) is 0 Å². The van der Waals surface area contributed by atoms with E-state index in [0.29, 0.717) is 13.2 Å². The molecule has 0 amide bonds. The van der Waals surface area contributed by atoms with Gasteiger partial charge in [0.1, 0.15) is 6.79 Å². The first-order valence-electron chi connectivity index (χ1n) is 3.75. The van der Waals surface area contributed by atoms with E-state index in [1.807, 2.05) is 0 Å². The summed E-state index contributed by atoms with van der Waals surface area (Å²) in [6.07, 6.45) is 1.21. The molecule has 70 valence electrons. The molecule has 12 heavy (non-hydrogen) atoms. The maximum absolute atomic E-state index is 11.1. The fourth-order valence-electron chi connectivity index (χ4n) is 1.57. The number of ether oxygens (including phenoxy) is 2. The van der Waals surface area contributed by atoms with Gasteiger partial charge in [0, 0.05) is 0 Å². The fraction of sp³-hybridized carbons (Fsp3) is 1.00. The van der Waals surface area contributed by atoms with Crippen molar-refractivity contribution < 1.29 is 17.9 Å². The van der Waals surface area contributed by atoms with Gasteiger partial charge in [-0.25, -0.2) is 8.42 Å². The molecule has 6 heteroatoms. The quantitative estimate of drug-likeness (QED) is 0.501. The summed E-state index contributed by atoms with van der Waals surface area (Å²) >= 11 is 0. The third kappa shape index (κ3) is 1.35. The van der Waals surface area contributed by atoms with Gasteiger partial charge in [0.15, 0.2) is 0 Å². The van der Waals surface area contributed by atoms with Gasteiger partial charge in [0.25, 0.3) is 0 Å². The molecule has 2 saturated heterocycles. The molecule has 0 aromatic heterocycles. The largest absolute Gasteiger partial charge is 0.354 e. The molecular weight excluding hydrogens is 182 g/mol. The highest BCUT2D eigenvalue weighted by Gasteiger charge is 2.54. The number of fused-ring (bicyclic) bond motifs is 1. The van der Waals surface area contributed by atoms with Crippen molar-refractivity contribution in [2.75, 3.05) is 26.3 Å². The van der Waals surface area contributed by atoms with E-state index in [-0.39, 0.29) is 18.9 Å². The van der Waals surface area contributed by atoms with E-state index in [1.54, 1.807) is 0 Å². The first-order chi connectivity index (χ1) is 5.61. The molecule has 0 aromatic rings. The summed E-state index contributed by atoms with van der Waals surface area (Å²) in [4.78, 5) is 0. The predicted octanol–water partition coefficient (Wildman–Crippen LogP) is -0.997. The number of hydrogen-bond donors (Lipinski definition) is 0. The summed E-state index contributed by atoms with van der Waals surface area (Å²) in [6.45, 7) is 1.19.